The zero-order valence-corrected chi connectivity index (χ0v) is 19.4. The van der Waals surface area contributed by atoms with E-state index < -0.39 is 0 Å². The summed E-state index contributed by atoms with van der Waals surface area (Å²) in [5.74, 6) is 0.435. The highest BCUT2D eigenvalue weighted by molar-refractivity contribution is 7.98. The number of amides is 3. The third kappa shape index (κ3) is 6.17. The SMILES string of the molecule is CCC(CC)C(=O)N1CCN(c2ccc(NC(=O)Nc3ccc(SC)cc3)cc2)CC1. The Kier molecular flexibility index (Phi) is 8.23. The van der Waals surface area contributed by atoms with Crippen molar-refractivity contribution in [1.29, 1.82) is 0 Å². The summed E-state index contributed by atoms with van der Waals surface area (Å²) in [5.41, 5.74) is 2.60. The molecule has 0 radical (unpaired) electrons. The molecule has 0 bridgehead atoms. The zero-order valence-electron chi connectivity index (χ0n) is 18.6. The minimum Gasteiger partial charge on any atom is -0.368 e. The first-order chi connectivity index (χ1) is 15.0. The van der Waals surface area contributed by atoms with Crippen LogP contribution in [0.4, 0.5) is 21.9 Å². The van der Waals surface area contributed by atoms with E-state index in [1.54, 1.807) is 11.8 Å². The number of rotatable bonds is 7. The molecule has 1 aliphatic heterocycles. The fourth-order valence-corrected chi connectivity index (χ4v) is 4.21. The van der Waals surface area contributed by atoms with Crippen LogP contribution in [0.1, 0.15) is 26.7 Å². The number of hydrogen-bond donors (Lipinski definition) is 2. The first-order valence-corrected chi connectivity index (χ1v) is 12.1. The van der Waals surface area contributed by atoms with E-state index in [0.717, 1.165) is 61.0 Å². The first kappa shape index (κ1) is 23.0. The number of nitrogens with zero attached hydrogens (tertiary/aromatic N) is 2. The summed E-state index contributed by atoms with van der Waals surface area (Å²) in [5, 5.41) is 5.72. The number of benzene rings is 2. The van der Waals surface area contributed by atoms with Crippen molar-refractivity contribution in [3.05, 3.63) is 48.5 Å². The standard InChI is InChI=1S/C24H32N4O2S/c1-4-18(5-2)23(29)28-16-14-27(15-17-28)21-10-6-19(7-11-21)25-24(30)26-20-8-12-22(31-3)13-9-20/h6-13,18H,4-5,14-17H2,1-3H3,(H2,25,26,30). The van der Waals surface area contributed by atoms with Crippen LogP contribution in [0.2, 0.25) is 0 Å². The fourth-order valence-electron chi connectivity index (χ4n) is 3.80. The summed E-state index contributed by atoms with van der Waals surface area (Å²) in [6.45, 7) is 7.33. The van der Waals surface area contributed by atoms with Crippen molar-refractivity contribution in [2.45, 2.75) is 31.6 Å². The van der Waals surface area contributed by atoms with Crippen molar-refractivity contribution in [2.24, 2.45) is 5.92 Å². The van der Waals surface area contributed by atoms with E-state index in [1.807, 2.05) is 59.7 Å². The van der Waals surface area contributed by atoms with Crippen LogP contribution in [-0.4, -0.2) is 49.3 Å². The van der Waals surface area contributed by atoms with Crippen LogP contribution >= 0.6 is 11.8 Å². The van der Waals surface area contributed by atoms with Crippen LogP contribution in [0.15, 0.2) is 53.4 Å². The number of piperazine rings is 1. The second-order valence-corrected chi connectivity index (χ2v) is 8.56. The summed E-state index contributed by atoms with van der Waals surface area (Å²) < 4.78 is 0. The third-order valence-corrected chi connectivity index (χ3v) is 6.51. The van der Waals surface area contributed by atoms with Gasteiger partial charge in [-0.1, -0.05) is 13.8 Å². The lowest BCUT2D eigenvalue weighted by atomic mass is 10.0. The van der Waals surface area contributed by atoms with Crippen molar-refractivity contribution in [3.8, 4) is 0 Å². The largest absolute Gasteiger partial charge is 0.368 e. The molecule has 0 atom stereocenters. The van der Waals surface area contributed by atoms with Gasteiger partial charge in [-0.05, 0) is 67.6 Å². The Morgan fingerprint density at radius 1 is 0.871 bits per heavy atom. The molecule has 2 aromatic rings. The van der Waals surface area contributed by atoms with Crippen molar-refractivity contribution >= 4 is 40.8 Å². The molecule has 0 unspecified atom stereocenters. The molecule has 6 nitrogen and oxygen atoms in total. The molecule has 1 aliphatic rings. The van der Waals surface area contributed by atoms with E-state index in [2.05, 4.69) is 29.4 Å². The Morgan fingerprint density at radius 2 is 1.39 bits per heavy atom. The Morgan fingerprint density at radius 3 is 1.87 bits per heavy atom. The molecule has 0 aliphatic carbocycles. The molecule has 0 spiro atoms. The molecule has 31 heavy (non-hydrogen) atoms. The molecular formula is C24H32N4O2S. The third-order valence-electron chi connectivity index (χ3n) is 5.76. The predicted octanol–water partition coefficient (Wildman–Crippen LogP) is 5.14. The Labute approximate surface area is 189 Å². The molecule has 0 saturated carbocycles. The molecule has 0 aromatic heterocycles. The molecule has 1 heterocycles. The van der Waals surface area contributed by atoms with E-state index in [1.165, 1.54) is 0 Å². The zero-order chi connectivity index (χ0) is 22.2. The Hall–Kier alpha value is -2.67. The molecule has 2 N–H and O–H groups in total. The first-order valence-electron chi connectivity index (χ1n) is 10.9. The lowest BCUT2D eigenvalue weighted by molar-refractivity contribution is -0.136. The van der Waals surface area contributed by atoms with Gasteiger partial charge in [0, 0.05) is 54.1 Å². The van der Waals surface area contributed by atoms with E-state index in [9.17, 15) is 9.59 Å². The number of nitrogens with one attached hydrogen (secondary N) is 2. The molecule has 1 fully saturated rings. The van der Waals surface area contributed by atoms with Crippen LogP contribution in [-0.2, 0) is 4.79 Å². The van der Waals surface area contributed by atoms with Crippen LogP contribution < -0.4 is 15.5 Å². The summed E-state index contributed by atoms with van der Waals surface area (Å²) in [4.78, 5) is 30.3. The minimum atomic E-state index is -0.266. The summed E-state index contributed by atoms with van der Waals surface area (Å²) in [7, 11) is 0. The van der Waals surface area contributed by atoms with Crippen LogP contribution in [0, 0.1) is 5.92 Å². The van der Waals surface area contributed by atoms with Gasteiger partial charge < -0.3 is 20.4 Å². The van der Waals surface area contributed by atoms with Crippen molar-refractivity contribution < 1.29 is 9.59 Å². The number of thioether (sulfide) groups is 1. The van der Waals surface area contributed by atoms with Gasteiger partial charge in [0.15, 0.2) is 0 Å². The number of anilines is 3. The maximum atomic E-state index is 12.6. The predicted molar refractivity (Wildman–Crippen MR) is 130 cm³/mol. The van der Waals surface area contributed by atoms with Gasteiger partial charge in [0.1, 0.15) is 0 Å². The van der Waals surface area contributed by atoms with Crippen LogP contribution in [0.25, 0.3) is 0 Å². The van der Waals surface area contributed by atoms with E-state index in [0.29, 0.717) is 5.91 Å². The normalized spacial score (nSPS) is 13.9. The van der Waals surface area contributed by atoms with Crippen molar-refractivity contribution in [1.82, 2.24) is 4.90 Å². The summed E-state index contributed by atoms with van der Waals surface area (Å²) in [6.07, 6.45) is 3.83. The molecule has 1 saturated heterocycles. The van der Waals surface area contributed by atoms with E-state index in [-0.39, 0.29) is 11.9 Å². The van der Waals surface area contributed by atoms with Gasteiger partial charge in [0.2, 0.25) is 5.91 Å². The van der Waals surface area contributed by atoms with Gasteiger partial charge in [-0.15, -0.1) is 11.8 Å². The molecule has 3 rings (SSSR count). The average molecular weight is 441 g/mol. The number of hydrogen-bond acceptors (Lipinski definition) is 4. The number of carbonyl (C=O) groups excluding carboxylic acids is 2. The smallest absolute Gasteiger partial charge is 0.323 e. The number of carbonyl (C=O) groups is 2. The van der Waals surface area contributed by atoms with Gasteiger partial charge >= 0.3 is 6.03 Å². The van der Waals surface area contributed by atoms with Crippen LogP contribution in [0.3, 0.4) is 0 Å². The quantitative estimate of drug-likeness (QED) is 0.585. The van der Waals surface area contributed by atoms with Gasteiger partial charge in [0.05, 0.1) is 0 Å². The minimum absolute atomic E-state index is 0.145. The van der Waals surface area contributed by atoms with Gasteiger partial charge in [-0.3, -0.25) is 4.79 Å². The highest BCUT2D eigenvalue weighted by atomic mass is 32.2. The fraction of sp³-hybridized carbons (Fsp3) is 0.417. The van der Waals surface area contributed by atoms with E-state index in [4.69, 9.17) is 0 Å². The summed E-state index contributed by atoms with van der Waals surface area (Å²) in [6, 6.07) is 15.3. The van der Waals surface area contributed by atoms with Gasteiger partial charge in [-0.2, -0.15) is 0 Å². The maximum Gasteiger partial charge on any atom is 0.323 e. The number of urea groups is 1. The molecule has 7 heteroatoms. The van der Waals surface area contributed by atoms with Gasteiger partial charge in [0.25, 0.3) is 0 Å². The monoisotopic (exact) mass is 440 g/mol. The molecule has 3 amide bonds. The lowest BCUT2D eigenvalue weighted by Gasteiger charge is -2.37. The second kappa shape index (κ2) is 11.1. The molecule has 166 valence electrons. The molecule has 2 aromatic carbocycles. The topological polar surface area (TPSA) is 64.7 Å². The highest BCUT2D eigenvalue weighted by Crippen LogP contribution is 2.22. The van der Waals surface area contributed by atoms with Crippen molar-refractivity contribution in [2.75, 3.05) is 48.0 Å². The maximum absolute atomic E-state index is 12.6. The van der Waals surface area contributed by atoms with E-state index >= 15 is 0 Å². The van der Waals surface area contributed by atoms with Gasteiger partial charge in [-0.25, -0.2) is 4.79 Å². The second-order valence-electron chi connectivity index (χ2n) is 7.68. The average Bonchev–Trinajstić information content (AvgIpc) is 2.81. The Balaban J connectivity index is 1.50. The highest BCUT2D eigenvalue weighted by Gasteiger charge is 2.25. The van der Waals surface area contributed by atoms with Crippen molar-refractivity contribution in [3.63, 3.8) is 0 Å². The van der Waals surface area contributed by atoms with Crippen LogP contribution in [0.5, 0.6) is 0 Å². The molecular weight excluding hydrogens is 408 g/mol. The Bertz CT molecular complexity index is 858. The lowest BCUT2D eigenvalue weighted by Crippen LogP contribution is -2.50. The summed E-state index contributed by atoms with van der Waals surface area (Å²) >= 11 is 1.66.